The molecular formula is C28H34N8O4S. The lowest BCUT2D eigenvalue weighted by Gasteiger charge is -2.26. The van der Waals surface area contributed by atoms with Crippen LogP contribution in [0.5, 0.6) is 0 Å². The third kappa shape index (κ3) is 5.98. The summed E-state index contributed by atoms with van der Waals surface area (Å²) < 4.78 is 15.0. The maximum atomic E-state index is 13.3. The van der Waals surface area contributed by atoms with Crippen molar-refractivity contribution in [1.82, 2.24) is 34.2 Å². The van der Waals surface area contributed by atoms with Crippen molar-refractivity contribution in [1.29, 1.82) is 0 Å². The quantitative estimate of drug-likeness (QED) is 0.204. The SMILES string of the molecule is CC(C)OCCCn1c(NC(=O)c2ccc(-c3cn[nH]c3)s2)nc2cc3[nH]c(=O)n(CCN4CCOCC4)c3cc21. The van der Waals surface area contributed by atoms with Gasteiger partial charge >= 0.3 is 5.69 Å². The molecule has 0 unspecified atom stereocenters. The van der Waals surface area contributed by atoms with Crippen LogP contribution in [0.1, 0.15) is 29.9 Å². The smallest absolute Gasteiger partial charge is 0.326 e. The number of H-pyrrole nitrogens is 2. The first-order valence-corrected chi connectivity index (χ1v) is 14.7. The highest BCUT2D eigenvalue weighted by Crippen LogP contribution is 2.29. The van der Waals surface area contributed by atoms with Crippen molar-refractivity contribution in [3.63, 3.8) is 0 Å². The largest absolute Gasteiger partial charge is 0.379 e. The molecule has 216 valence electrons. The van der Waals surface area contributed by atoms with Gasteiger partial charge in [0.15, 0.2) is 0 Å². The summed E-state index contributed by atoms with van der Waals surface area (Å²) in [5, 5.41) is 9.83. The van der Waals surface area contributed by atoms with Crippen molar-refractivity contribution in [3.05, 3.63) is 52.0 Å². The van der Waals surface area contributed by atoms with Gasteiger partial charge in [0.1, 0.15) is 0 Å². The number of carbonyl (C=O) groups excluding carboxylic acids is 1. The number of rotatable bonds is 11. The van der Waals surface area contributed by atoms with Crippen LogP contribution >= 0.6 is 11.3 Å². The summed E-state index contributed by atoms with van der Waals surface area (Å²) in [5.41, 5.74) is 3.87. The summed E-state index contributed by atoms with van der Waals surface area (Å²) in [4.78, 5) is 37.8. The summed E-state index contributed by atoms with van der Waals surface area (Å²) >= 11 is 1.40. The van der Waals surface area contributed by atoms with E-state index in [-0.39, 0.29) is 17.7 Å². The number of benzene rings is 1. The number of morpholine rings is 1. The summed E-state index contributed by atoms with van der Waals surface area (Å²) in [6, 6.07) is 7.60. The topological polar surface area (TPSA) is 135 Å². The van der Waals surface area contributed by atoms with Gasteiger partial charge < -0.3 is 19.0 Å². The Labute approximate surface area is 240 Å². The Balaban J connectivity index is 1.30. The number of aromatic amines is 2. The first kappa shape index (κ1) is 27.4. The summed E-state index contributed by atoms with van der Waals surface area (Å²) in [5.74, 6) is 0.232. The maximum absolute atomic E-state index is 13.3. The van der Waals surface area contributed by atoms with Gasteiger partial charge in [-0.15, -0.1) is 11.3 Å². The summed E-state index contributed by atoms with van der Waals surface area (Å²) in [6.07, 6.45) is 4.41. The molecule has 0 spiro atoms. The Bertz CT molecular complexity index is 1690. The summed E-state index contributed by atoms with van der Waals surface area (Å²) in [6.45, 7) is 9.70. The number of nitrogens with one attached hydrogen (secondary N) is 3. The zero-order valence-electron chi connectivity index (χ0n) is 23.2. The third-order valence-corrected chi connectivity index (χ3v) is 8.33. The minimum absolute atomic E-state index is 0.136. The Morgan fingerprint density at radius 3 is 2.78 bits per heavy atom. The van der Waals surface area contributed by atoms with Gasteiger partial charge in [0.05, 0.1) is 52.5 Å². The zero-order valence-corrected chi connectivity index (χ0v) is 24.0. The first-order valence-electron chi connectivity index (χ1n) is 13.9. The fourth-order valence-electron chi connectivity index (χ4n) is 5.09. The molecule has 3 N–H and O–H groups in total. The lowest BCUT2D eigenvalue weighted by atomic mass is 10.2. The number of ether oxygens (including phenoxy) is 2. The Morgan fingerprint density at radius 2 is 2.00 bits per heavy atom. The van der Waals surface area contributed by atoms with Gasteiger partial charge in [-0.25, -0.2) is 9.78 Å². The molecule has 0 radical (unpaired) electrons. The van der Waals surface area contributed by atoms with Gasteiger partial charge in [0.25, 0.3) is 5.91 Å². The van der Waals surface area contributed by atoms with Crippen LogP contribution in [-0.2, 0) is 22.6 Å². The molecule has 1 amide bonds. The van der Waals surface area contributed by atoms with Crippen molar-refractivity contribution < 1.29 is 14.3 Å². The molecule has 1 fully saturated rings. The van der Waals surface area contributed by atoms with E-state index in [1.165, 1.54) is 11.3 Å². The minimum Gasteiger partial charge on any atom is -0.379 e. The minimum atomic E-state index is -0.229. The third-order valence-electron chi connectivity index (χ3n) is 7.20. The lowest BCUT2D eigenvalue weighted by molar-refractivity contribution is 0.0364. The van der Waals surface area contributed by atoms with E-state index in [2.05, 4.69) is 25.4 Å². The fourth-order valence-corrected chi connectivity index (χ4v) is 5.97. The number of amides is 1. The van der Waals surface area contributed by atoms with Crippen LogP contribution in [0.3, 0.4) is 0 Å². The zero-order chi connectivity index (χ0) is 28.3. The van der Waals surface area contributed by atoms with Gasteiger partial charge in [-0.1, -0.05) is 0 Å². The van der Waals surface area contributed by atoms with E-state index in [9.17, 15) is 9.59 Å². The van der Waals surface area contributed by atoms with E-state index in [0.29, 0.717) is 49.3 Å². The molecule has 13 heteroatoms. The Morgan fingerprint density at radius 1 is 1.15 bits per heavy atom. The number of aryl methyl sites for hydroxylation is 1. The molecule has 41 heavy (non-hydrogen) atoms. The highest BCUT2D eigenvalue weighted by molar-refractivity contribution is 7.17. The second-order valence-electron chi connectivity index (χ2n) is 10.4. The van der Waals surface area contributed by atoms with Gasteiger partial charge in [0.2, 0.25) is 5.95 Å². The number of anilines is 1. The highest BCUT2D eigenvalue weighted by Gasteiger charge is 2.19. The molecule has 1 aliphatic heterocycles. The molecular weight excluding hydrogens is 544 g/mol. The van der Waals surface area contributed by atoms with Crippen molar-refractivity contribution in [3.8, 4) is 10.4 Å². The Hall–Kier alpha value is -3.78. The lowest BCUT2D eigenvalue weighted by Crippen LogP contribution is -2.39. The highest BCUT2D eigenvalue weighted by atomic mass is 32.1. The second kappa shape index (κ2) is 12.0. The molecule has 6 rings (SSSR count). The van der Waals surface area contributed by atoms with E-state index in [4.69, 9.17) is 14.5 Å². The van der Waals surface area contributed by atoms with Crippen LogP contribution in [0, 0.1) is 0 Å². The molecule has 5 aromatic rings. The standard InChI is InChI=1S/C28H34N8O4S/c1-18(2)40-11-3-6-35-22-15-23-21(32-28(38)36(23)8-7-34-9-12-39-13-10-34)14-20(22)31-27(35)33-26(37)25-5-4-24(41-25)19-16-29-30-17-19/h4-5,14-18H,3,6-13H2,1-2H3,(H,29,30)(H,32,38)(H,31,33,37). The number of nitrogens with zero attached hydrogens (tertiary/aromatic N) is 5. The van der Waals surface area contributed by atoms with Crippen molar-refractivity contribution in [2.45, 2.75) is 39.5 Å². The van der Waals surface area contributed by atoms with Crippen LogP contribution < -0.4 is 11.0 Å². The average Bonchev–Trinajstić information content (AvgIpc) is 3.76. The van der Waals surface area contributed by atoms with E-state index in [1.807, 2.05) is 42.7 Å². The molecule has 1 saturated heterocycles. The predicted molar refractivity (Wildman–Crippen MR) is 159 cm³/mol. The van der Waals surface area contributed by atoms with Crippen molar-refractivity contribution in [2.24, 2.45) is 0 Å². The van der Waals surface area contributed by atoms with Gasteiger partial charge in [-0.2, -0.15) is 5.10 Å². The number of fused-ring (bicyclic) bond motifs is 2. The molecule has 1 aromatic carbocycles. The van der Waals surface area contributed by atoms with E-state index in [0.717, 1.165) is 53.0 Å². The molecule has 12 nitrogen and oxygen atoms in total. The van der Waals surface area contributed by atoms with Crippen molar-refractivity contribution >= 4 is 45.3 Å². The molecule has 0 bridgehead atoms. The van der Waals surface area contributed by atoms with Gasteiger partial charge in [0, 0.05) is 56.0 Å². The second-order valence-corrected chi connectivity index (χ2v) is 11.4. The van der Waals surface area contributed by atoms with E-state index >= 15 is 0 Å². The van der Waals surface area contributed by atoms with E-state index in [1.54, 1.807) is 17.0 Å². The summed E-state index contributed by atoms with van der Waals surface area (Å²) in [7, 11) is 0. The molecule has 0 saturated carbocycles. The first-order chi connectivity index (χ1) is 20.0. The molecule has 4 aromatic heterocycles. The number of aromatic nitrogens is 6. The van der Waals surface area contributed by atoms with Crippen LogP contribution in [-0.4, -0.2) is 85.7 Å². The number of imidazole rings is 2. The number of thiophene rings is 1. The molecule has 1 aliphatic rings. The fraction of sp³-hybridized carbons (Fsp3) is 0.429. The monoisotopic (exact) mass is 578 g/mol. The van der Waals surface area contributed by atoms with Crippen molar-refractivity contribution in [2.75, 3.05) is 44.8 Å². The normalized spacial score (nSPS) is 14.5. The number of carbonyl (C=O) groups is 1. The predicted octanol–water partition coefficient (Wildman–Crippen LogP) is 3.53. The number of hydrogen-bond acceptors (Lipinski definition) is 8. The van der Waals surface area contributed by atoms with Crippen LogP contribution in [0.2, 0.25) is 0 Å². The van der Waals surface area contributed by atoms with Crippen LogP contribution in [0.15, 0.2) is 41.5 Å². The molecule has 5 heterocycles. The van der Waals surface area contributed by atoms with Crippen LogP contribution in [0.4, 0.5) is 5.95 Å². The average molecular weight is 579 g/mol. The number of hydrogen-bond donors (Lipinski definition) is 3. The molecule has 0 atom stereocenters. The Kier molecular flexibility index (Phi) is 8.01. The maximum Gasteiger partial charge on any atom is 0.326 e. The van der Waals surface area contributed by atoms with Gasteiger partial charge in [-0.05, 0) is 44.5 Å². The van der Waals surface area contributed by atoms with Crippen LogP contribution in [0.25, 0.3) is 32.5 Å². The molecule has 0 aliphatic carbocycles. The van der Waals surface area contributed by atoms with Gasteiger partial charge in [-0.3, -0.25) is 24.7 Å². The van der Waals surface area contributed by atoms with E-state index < -0.39 is 0 Å².